The zero-order valence-electron chi connectivity index (χ0n) is 20.9. The molecule has 0 saturated carbocycles. The van der Waals surface area contributed by atoms with E-state index in [9.17, 15) is 9.59 Å². The van der Waals surface area contributed by atoms with Crippen LogP contribution in [-0.2, 0) is 22.3 Å². The second-order valence-corrected chi connectivity index (χ2v) is 9.15. The van der Waals surface area contributed by atoms with Gasteiger partial charge in [-0.3, -0.25) is 0 Å². The highest BCUT2D eigenvalue weighted by atomic mass is 16.7. The fourth-order valence-electron chi connectivity index (χ4n) is 3.94. The van der Waals surface area contributed by atoms with Crippen LogP contribution in [0.1, 0.15) is 52.7 Å². The molecule has 0 aliphatic heterocycles. The normalized spacial score (nSPS) is 11.3. The number of rotatable bonds is 8. The summed E-state index contributed by atoms with van der Waals surface area (Å²) in [5.41, 5.74) is 2.18. The van der Waals surface area contributed by atoms with Gasteiger partial charge in [-0.05, 0) is 35.8 Å². The van der Waals surface area contributed by atoms with E-state index in [2.05, 4.69) is 13.8 Å². The van der Waals surface area contributed by atoms with Gasteiger partial charge in [0.25, 0.3) is 0 Å². The Hall–Kier alpha value is -3.28. The maximum atomic E-state index is 12.6. The number of hydrogen-bond donors (Lipinski definition) is 0. The summed E-state index contributed by atoms with van der Waals surface area (Å²) in [6, 6.07) is 11.3. The minimum atomic E-state index is -0.761. The van der Waals surface area contributed by atoms with E-state index in [-0.39, 0.29) is 25.0 Å². The van der Waals surface area contributed by atoms with Gasteiger partial charge in [0.2, 0.25) is 0 Å². The molecular weight excluding hydrogens is 432 g/mol. The van der Waals surface area contributed by atoms with Crippen molar-refractivity contribution in [2.75, 3.05) is 13.2 Å². The molecule has 0 saturated heterocycles. The summed E-state index contributed by atoms with van der Waals surface area (Å²) in [6.07, 6.45) is 0.0143. The summed E-state index contributed by atoms with van der Waals surface area (Å²) in [6.45, 7) is 12.5. The maximum Gasteiger partial charge on any atom is 0.513 e. The maximum absolute atomic E-state index is 12.6. The van der Waals surface area contributed by atoms with Crippen molar-refractivity contribution in [2.24, 2.45) is 11.8 Å². The zero-order chi connectivity index (χ0) is 24.8. The Labute approximate surface area is 201 Å². The van der Waals surface area contributed by atoms with Crippen LogP contribution < -0.4 is 9.47 Å². The zero-order valence-corrected chi connectivity index (χ0v) is 20.9. The van der Waals surface area contributed by atoms with Crippen molar-refractivity contribution in [1.82, 2.24) is 0 Å². The van der Waals surface area contributed by atoms with Gasteiger partial charge in [-0.15, -0.1) is 0 Å². The Morgan fingerprint density at radius 1 is 0.706 bits per heavy atom. The quantitative estimate of drug-likeness (QED) is 0.195. The van der Waals surface area contributed by atoms with Crippen molar-refractivity contribution in [3.63, 3.8) is 0 Å². The van der Waals surface area contributed by atoms with Crippen LogP contribution >= 0.6 is 0 Å². The van der Waals surface area contributed by atoms with Gasteiger partial charge in [-0.1, -0.05) is 77.9 Å². The molecule has 0 N–H and O–H groups in total. The lowest BCUT2D eigenvalue weighted by molar-refractivity contribution is 0.0879. The molecule has 0 atom stereocenters. The summed E-state index contributed by atoms with van der Waals surface area (Å²) < 4.78 is 22.2. The standard InChI is InChI=1S/C28H34O6/c1-7-19-13-14-23-24(20(19)8-2)26(34-28(30)32-16-18(5)6)22-12-10-9-11-21(22)25(23)33-27(29)31-15-17(3)4/h9-14,17-18H,7-8,15-16H2,1-6H3. The molecule has 0 bridgehead atoms. The fourth-order valence-corrected chi connectivity index (χ4v) is 3.94. The lowest BCUT2D eigenvalue weighted by atomic mass is 9.91. The first-order valence-corrected chi connectivity index (χ1v) is 11.9. The Morgan fingerprint density at radius 2 is 1.24 bits per heavy atom. The third-order valence-electron chi connectivity index (χ3n) is 5.47. The number of fused-ring (bicyclic) bond motifs is 2. The number of hydrogen-bond acceptors (Lipinski definition) is 6. The summed E-state index contributed by atoms with van der Waals surface area (Å²) in [7, 11) is 0. The van der Waals surface area contributed by atoms with Crippen LogP contribution in [0.25, 0.3) is 21.5 Å². The van der Waals surface area contributed by atoms with Gasteiger partial charge >= 0.3 is 12.3 Å². The molecule has 0 unspecified atom stereocenters. The van der Waals surface area contributed by atoms with Gasteiger partial charge < -0.3 is 18.9 Å². The third kappa shape index (κ3) is 5.61. The topological polar surface area (TPSA) is 71.1 Å². The van der Waals surface area contributed by atoms with Crippen molar-refractivity contribution in [1.29, 1.82) is 0 Å². The fraction of sp³-hybridized carbons (Fsp3) is 0.429. The molecule has 6 heteroatoms. The Morgan fingerprint density at radius 3 is 1.74 bits per heavy atom. The second kappa shape index (κ2) is 11.2. The summed E-state index contributed by atoms with van der Waals surface area (Å²) >= 11 is 0. The van der Waals surface area contributed by atoms with Gasteiger partial charge in [0.05, 0.1) is 13.2 Å². The molecule has 6 nitrogen and oxygen atoms in total. The molecule has 0 aliphatic rings. The van der Waals surface area contributed by atoms with E-state index >= 15 is 0 Å². The monoisotopic (exact) mass is 466 g/mol. The summed E-state index contributed by atoms with van der Waals surface area (Å²) in [4.78, 5) is 25.2. The van der Waals surface area contributed by atoms with Crippen LogP contribution in [0.15, 0.2) is 36.4 Å². The molecule has 3 aromatic carbocycles. The van der Waals surface area contributed by atoms with Crippen molar-refractivity contribution in [3.05, 3.63) is 47.5 Å². The number of ether oxygens (including phenoxy) is 4. The van der Waals surface area contributed by atoms with E-state index in [4.69, 9.17) is 18.9 Å². The van der Waals surface area contributed by atoms with Gasteiger partial charge in [0.1, 0.15) is 5.75 Å². The second-order valence-electron chi connectivity index (χ2n) is 9.15. The van der Waals surface area contributed by atoms with Crippen LogP contribution in [0.3, 0.4) is 0 Å². The number of carbonyl (C=O) groups is 2. The molecule has 34 heavy (non-hydrogen) atoms. The van der Waals surface area contributed by atoms with Gasteiger partial charge in [-0.2, -0.15) is 0 Å². The van der Waals surface area contributed by atoms with Gasteiger partial charge in [0.15, 0.2) is 5.75 Å². The minimum Gasteiger partial charge on any atom is -0.434 e. The molecular formula is C28H34O6. The largest absolute Gasteiger partial charge is 0.513 e. The van der Waals surface area contributed by atoms with E-state index in [0.717, 1.165) is 22.9 Å². The highest BCUT2D eigenvalue weighted by molar-refractivity contribution is 6.13. The first-order chi connectivity index (χ1) is 16.3. The molecule has 0 aromatic heterocycles. The van der Waals surface area contributed by atoms with Crippen LogP contribution in [0, 0.1) is 11.8 Å². The minimum absolute atomic E-state index is 0.187. The predicted molar refractivity (Wildman–Crippen MR) is 134 cm³/mol. The van der Waals surface area contributed by atoms with E-state index in [1.54, 1.807) is 0 Å². The molecule has 0 fully saturated rings. The Bertz CT molecular complexity index is 1180. The van der Waals surface area contributed by atoms with E-state index in [1.807, 2.05) is 64.1 Å². The average molecular weight is 467 g/mol. The van der Waals surface area contributed by atoms with E-state index < -0.39 is 12.3 Å². The Balaban J connectivity index is 2.25. The van der Waals surface area contributed by atoms with Gasteiger partial charge in [-0.25, -0.2) is 9.59 Å². The Kier molecular flexibility index (Phi) is 8.37. The SMILES string of the molecule is CCc1ccc2c(OC(=O)OCC(C)C)c3ccccc3c(OC(=O)OCC(C)C)c2c1CC. The van der Waals surface area contributed by atoms with Crippen molar-refractivity contribution in [2.45, 2.75) is 54.4 Å². The number of carbonyl (C=O) groups excluding carboxylic acids is 2. The molecule has 3 aromatic rings. The van der Waals surface area contributed by atoms with Crippen molar-refractivity contribution >= 4 is 33.9 Å². The van der Waals surface area contributed by atoms with Crippen LogP contribution in [-0.4, -0.2) is 25.5 Å². The lowest BCUT2D eigenvalue weighted by Gasteiger charge is -2.20. The number of benzene rings is 3. The third-order valence-corrected chi connectivity index (χ3v) is 5.47. The van der Waals surface area contributed by atoms with E-state index in [1.165, 1.54) is 0 Å². The van der Waals surface area contributed by atoms with Crippen molar-refractivity contribution in [3.8, 4) is 11.5 Å². The first-order valence-electron chi connectivity index (χ1n) is 11.9. The molecule has 0 heterocycles. The van der Waals surface area contributed by atoms with Gasteiger partial charge in [0, 0.05) is 21.5 Å². The van der Waals surface area contributed by atoms with Crippen LogP contribution in [0.2, 0.25) is 0 Å². The molecule has 0 amide bonds. The first kappa shape index (κ1) is 25.3. The predicted octanol–water partition coefficient (Wildman–Crippen LogP) is 7.46. The summed E-state index contributed by atoms with van der Waals surface area (Å²) in [5, 5.41) is 2.73. The molecule has 0 radical (unpaired) electrons. The average Bonchev–Trinajstić information content (AvgIpc) is 2.82. The van der Waals surface area contributed by atoms with Crippen LogP contribution in [0.4, 0.5) is 9.59 Å². The molecule has 182 valence electrons. The number of aryl methyl sites for hydroxylation is 2. The molecule has 0 aliphatic carbocycles. The van der Waals surface area contributed by atoms with E-state index in [0.29, 0.717) is 34.1 Å². The highest BCUT2D eigenvalue weighted by Crippen LogP contribution is 2.45. The van der Waals surface area contributed by atoms with Crippen molar-refractivity contribution < 1.29 is 28.5 Å². The van der Waals surface area contributed by atoms with Crippen LogP contribution in [0.5, 0.6) is 11.5 Å². The molecule has 0 spiro atoms. The molecule has 3 rings (SSSR count). The lowest BCUT2D eigenvalue weighted by Crippen LogP contribution is -2.16. The highest BCUT2D eigenvalue weighted by Gasteiger charge is 2.24. The summed E-state index contributed by atoms with van der Waals surface area (Å²) in [5.74, 6) is 1.17. The smallest absolute Gasteiger partial charge is 0.434 e.